The van der Waals surface area contributed by atoms with Gasteiger partial charge in [-0.25, -0.2) is 0 Å². The van der Waals surface area contributed by atoms with Gasteiger partial charge in [0.05, 0.1) is 6.61 Å². The van der Waals surface area contributed by atoms with E-state index >= 15 is 0 Å². The zero-order valence-electron chi connectivity index (χ0n) is 6.62. The SMILES string of the molecule is OC[C@H]1OC(O)[C@H](O)[C@@H](O)[C@@H]1O.[Mn]. The van der Waals surface area contributed by atoms with Gasteiger partial charge in [-0.1, -0.05) is 0 Å². The Morgan fingerprint density at radius 2 is 1.46 bits per heavy atom. The molecule has 0 spiro atoms. The quantitative estimate of drug-likeness (QED) is 0.306. The third-order valence-corrected chi connectivity index (χ3v) is 1.87. The van der Waals surface area contributed by atoms with Crippen molar-refractivity contribution in [3.8, 4) is 0 Å². The van der Waals surface area contributed by atoms with Crippen molar-refractivity contribution in [3.05, 3.63) is 0 Å². The molecule has 1 saturated heterocycles. The van der Waals surface area contributed by atoms with E-state index in [0.29, 0.717) is 0 Å². The number of rotatable bonds is 1. The summed E-state index contributed by atoms with van der Waals surface area (Å²) in [7, 11) is 0. The predicted octanol–water partition coefficient (Wildman–Crippen LogP) is -3.22. The number of aliphatic hydroxyl groups is 5. The maximum Gasteiger partial charge on any atom is 0.184 e. The number of hydrogen-bond acceptors (Lipinski definition) is 6. The van der Waals surface area contributed by atoms with Gasteiger partial charge in [-0.3, -0.25) is 0 Å². The molecule has 0 bridgehead atoms. The van der Waals surface area contributed by atoms with Gasteiger partial charge < -0.3 is 30.3 Å². The van der Waals surface area contributed by atoms with Gasteiger partial charge in [-0.2, -0.15) is 0 Å². The molecule has 5 N–H and O–H groups in total. The van der Waals surface area contributed by atoms with Gasteiger partial charge in [0.25, 0.3) is 0 Å². The van der Waals surface area contributed by atoms with E-state index < -0.39 is 37.3 Å². The Kier molecular flexibility index (Phi) is 5.34. The third-order valence-electron chi connectivity index (χ3n) is 1.87. The summed E-state index contributed by atoms with van der Waals surface area (Å²) < 4.78 is 4.58. The largest absolute Gasteiger partial charge is 0.394 e. The predicted molar refractivity (Wildman–Crippen MR) is 36.0 cm³/mol. The fraction of sp³-hybridized carbons (Fsp3) is 1.00. The molecule has 5 atom stereocenters. The molecule has 0 aromatic rings. The summed E-state index contributed by atoms with van der Waals surface area (Å²) in [6.45, 7) is -0.526. The Labute approximate surface area is 85.2 Å². The molecule has 1 aliphatic heterocycles. The van der Waals surface area contributed by atoms with Crippen LogP contribution in [0.2, 0.25) is 0 Å². The molecule has 1 fully saturated rings. The zero-order chi connectivity index (χ0) is 9.30. The van der Waals surface area contributed by atoms with Crippen molar-refractivity contribution < 1.29 is 47.3 Å². The summed E-state index contributed by atoms with van der Waals surface area (Å²) in [6, 6.07) is 0. The normalized spacial score (nSPS) is 45.5. The first kappa shape index (κ1) is 13.3. The average Bonchev–Trinajstić information content (AvgIpc) is 2.08. The second kappa shape index (κ2) is 5.23. The summed E-state index contributed by atoms with van der Waals surface area (Å²) in [6.07, 6.45) is -7.04. The Morgan fingerprint density at radius 1 is 0.923 bits per heavy atom. The molecule has 1 radical (unpaired) electrons. The molecular formula is C6H12MnO6. The van der Waals surface area contributed by atoms with Gasteiger partial charge >= 0.3 is 0 Å². The van der Waals surface area contributed by atoms with Crippen molar-refractivity contribution in [2.45, 2.75) is 30.7 Å². The van der Waals surface area contributed by atoms with Crippen molar-refractivity contribution >= 4 is 0 Å². The van der Waals surface area contributed by atoms with Crippen molar-refractivity contribution in [1.82, 2.24) is 0 Å². The van der Waals surface area contributed by atoms with Gasteiger partial charge in [0, 0.05) is 17.1 Å². The van der Waals surface area contributed by atoms with Crippen LogP contribution in [0.15, 0.2) is 0 Å². The summed E-state index contributed by atoms with van der Waals surface area (Å²) in [5, 5.41) is 44.7. The molecule has 1 rings (SSSR count). The third kappa shape index (κ3) is 2.61. The van der Waals surface area contributed by atoms with E-state index in [2.05, 4.69) is 4.74 Å². The van der Waals surface area contributed by atoms with Crippen LogP contribution in [-0.4, -0.2) is 62.8 Å². The first-order chi connectivity index (χ1) is 5.57. The van der Waals surface area contributed by atoms with E-state index in [-0.39, 0.29) is 17.1 Å². The van der Waals surface area contributed by atoms with E-state index in [0.717, 1.165) is 0 Å². The molecule has 0 aliphatic carbocycles. The minimum absolute atomic E-state index is 0. The van der Waals surface area contributed by atoms with Crippen LogP contribution in [0.1, 0.15) is 0 Å². The molecule has 7 heteroatoms. The summed E-state index contributed by atoms with van der Waals surface area (Å²) in [5.74, 6) is 0. The number of hydrogen-bond donors (Lipinski definition) is 5. The van der Waals surface area contributed by atoms with Crippen LogP contribution in [0.5, 0.6) is 0 Å². The minimum atomic E-state index is -1.57. The van der Waals surface area contributed by atoms with Crippen LogP contribution in [-0.2, 0) is 21.8 Å². The molecule has 1 heterocycles. The number of ether oxygens (including phenoxy) is 1. The van der Waals surface area contributed by atoms with Gasteiger partial charge in [0.15, 0.2) is 6.29 Å². The van der Waals surface area contributed by atoms with Crippen molar-refractivity contribution in [2.75, 3.05) is 6.61 Å². The smallest absolute Gasteiger partial charge is 0.184 e. The van der Waals surface area contributed by atoms with Crippen molar-refractivity contribution in [2.24, 2.45) is 0 Å². The van der Waals surface area contributed by atoms with Crippen LogP contribution < -0.4 is 0 Å². The second-order valence-corrected chi connectivity index (χ2v) is 2.72. The van der Waals surface area contributed by atoms with Crippen LogP contribution in [0.3, 0.4) is 0 Å². The van der Waals surface area contributed by atoms with E-state index in [1.807, 2.05) is 0 Å². The fourth-order valence-electron chi connectivity index (χ4n) is 1.08. The van der Waals surface area contributed by atoms with E-state index in [4.69, 9.17) is 25.5 Å². The second-order valence-electron chi connectivity index (χ2n) is 2.72. The van der Waals surface area contributed by atoms with Crippen LogP contribution in [0.4, 0.5) is 0 Å². The first-order valence-electron chi connectivity index (χ1n) is 3.56. The minimum Gasteiger partial charge on any atom is -0.394 e. The van der Waals surface area contributed by atoms with Gasteiger partial charge in [-0.15, -0.1) is 0 Å². The molecule has 0 saturated carbocycles. The monoisotopic (exact) mass is 235 g/mol. The Balaban J connectivity index is 0.00000144. The van der Waals surface area contributed by atoms with Crippen molar-refractivity contribution in [3.63, 3.8) is 0 Å². The maximum absolute atomic E-state index is 9.12. The first-order valence-corrected chi connectivity index (χ1v) is 3.56. The van der Waals surface area contributed by atoms with Gasteiger partial charge in [0.1, 0.15) is 24.4 Å². The standard InChI is InChI=1S/C6H12O6.Mn/c7-1-2-3(8)4(9)5(10)6(11)12-2;/h2-11H,1H2;/t2-,3-,4+,5-,6?;/m1./s1. The molecule has 6 nitrogen and oxygen atoms in total. The Bertz CT molecular complexity index is 151. The molecule has 79 valence electrons. The van der Waals surface area contributed by atoms with Crippen molar-refractivity contribution in [1.29, 1.82) is 0 Å². The molecular weight excluding hydrogens is 223 g/mol. The molecule has 0 aromatic carbocycles. The maximum atomic E-state index is 9.12. The van der Waals surface area contributed by atoms with E-state index in [1.165, 1.54) is 0 Å². The van der Waals surface area contributed by atoms with Gasteiger partial charge in [0.2, 0.25) is 0 Å². The van der Waals surface area contributed by atoms with Crippen LogP contribution >= 0.6 is 0 Å². The molecule has 0 aromatic heterocycles. The van der Waals surface area contributed by atoms with Crippen LogP contribution in [0, 0.1) is 0 Å². The summed E-state index contributed by atoms with van der Waals surface area (Å²) in [4.78, 5) is 0. The van der Waals surface area contributed by atoms with Gasteiger partial charge in [-0.05, 0) is 0 Å². The molecule has 1 unspecified atom stereocenters. The summed E-state index contributed by atoms with van der Waals surface area (Å²) >= 11 is 0. The average molecular weight is 235 g/mol. The zero-order valence-corrected chi connectivity index (χ0v) is 7.80. The topological polar surface area (TPSA) is 110 Å². The molecule has 0 amide bonds. The fourth-order valence-corrected chi connectivity index (χ4v) is 1.08. The molecule has 1 aliphatic rings. The molecule has 13 heavy (non-hydrogen) atoms. The number of aliphatic hydroxyl groups excluding tert-OH is 5. The summed E-state index contributed by atoms with van der Waals surface area (Å²) in [5.41, 5.74) is 0. The van der Waals surface area contributed by atoms with Crippen LogP contribution in [0.25, 0.3) is 0 Å². The Hall–Kier alpha value is 0.279. The Morgan fingerprint density at radius 3 is 1.92 bits per heavy atom. The van der Waals surface area contributed by atoms with E-state index in [9.17, 15) is 0 Å². The van der Waals surface area contributed by atoms with E-state index in [1.54, 1.807) is 0 Å².